The summed E-state index contributed by atoms with van der Waals surface area (Å²) in [7, 11) is -4.81. The van der Waals surface area contributed by atoms with Crippen LogP contribution in [0.2, 0.25) is 0 Å². The van der Waals surface area contributed by atoms with Gasteiger partial charge in [-0.05, 0) is 50.9 Å². The smallest absolute Gasteiger partial charge is 0.462 e. The van der Waals surface area contributed by atoms with E-state index in [9.17, 15) is 19.3 Å². The van der Waals surface area contributed by atoms with Crippen molar-refractivity contribution in [3.05, 3.63) is 72.9 Å². The van der Waals surface area contributed by atoms with Gasteiger partial charge in [0.2, 0.25) is 0 Å². The molecule has 0 heterocycles. The number of allylic oxidation sites excluding steroid dienone is 10. The predicted molar refractivity (Wildman–Crippen MR) is 231 cm³/mol. The normalized spacial score (nSPS) is 14.3. The quantitative estimate of drug-likeness (QED) is 0.0183. The van der Waals surface area contributed by atoms with Crippen molar-refractivity contribution in [2.75, 3.05) is 13.2 Å². The van der Waals surface area contributed by atoms with Gasteiger partial charge in [0.1, 0.15) is 6.61 Å². The highest BCUT2D eigenvalue weighted by atomic mass is 31.2. The lowest BCUT2D eigenvalue weighted by Gasteiger charge is -2.18. The minimum Gasteiger partial charge on any atom is -0.462 e. The van der Waals surface area contributed by atoms with Crippen LogP contribution in [-0.4, -0.2) is 52.3 Å². The molecule has 3 atom stereocenters. The molecule has 0 rings (SSSR count). The maximum Gasteiger partial charge on any atom is 0.469 e. The van der Waals surface area contributed by atoms with Gasteiger partial charge < -0.3 is 24.4 Å². The summed E-state index contributed by atoms with van der Waals surface area (Å²) in [6, 6.07) is 0. The highest BCUT2D eigenvalue weighted by molar-refractivity contribution is 7.46. The van der Waals surface area contributed by atoms with E-state index < -0.39 is 38.6 Å². The Hall–Kier alpha value is -2.55. The highest BCUT2D eigenvalue weighted by Crippen LogP contribution is 2.36. The number of esters is 2. The lowest BCUT2D eigenvalue weighted by Crippen LogP contribution is -2.29. The fourth-order valence-electron chi connectivity index (χ4n) is 5.75. The van der Waals surface area contributed by atoms with Gasteiger partial charge in [-0.15, -0.1) is 0 Å². The summed E-state index contributed by atoms with van der Waals surface area (Å²) in [5.74, 6) is -0.193. The van der Waals surface area contributed by atoms with Crippen LogP contribution in [0.4, 0.5) is 0 Å². The van der Waals surface area contributed by atoms with E-state index in [0.717, 1.165) is 50.9 Å². The molecule has 0 aromatic heterocycles. The van der Waals surface area contributed by atoms with Crippen molar-refractivity contribution >= 4 is 19.8 Å². The summed E-state index contributed by atoms with van der Waals surface area (Å²) < 4.78 is 26.3. The van der Waals surface area contributed by atoms with Gasteiger partial charge in [0.05, 0.1) is 12.7 Å². The number of phosphoric ester groups is 1. The van der Waals surface area contributed by atoms with Crippen LogP contribution < -0.4 is 0 Å². The molecule has 3 N–H and O–H groups in total. The SMILES string of the molecule is CC/C=C\C/C=C\C/C=C\C/C=C\C=C/C(O)C/C=C\CCC(=O)O[C@H](COC(=O)CCCCCCCCCCCCCCCCC(C)CC)COP(=O)(O)O. The number of hydrogen-bond acceptors (Lipinski definition) is 7. The Balaban J connectivity index is 4.12. The van der Waals surface area contributed by atoms with Gasteiger partial charge >= 0.3 is 19.8 Å². The van der Waals surface area contributed by atoms with E-state index in [0.29, 0.717) is 19.3 Å². The molecule has 0 radical (unpaired) electrons. The first kappa shape index (κ1) is 53.5. The maximum absolute atomic E-state index is 12.4. The topological polar surface area (TPSA) is 140 Å². The molecule has 56 heavy (non-hydrogen) atoms. The van der Waals surface area contributed by atoms with E-state index in [4.69, 9.17) is 19.3 Å². The fourth-order valence-corrected chi connectivity index (χ4v) is 6.11. The molecular weight excluding hydrogens is 727 g/mol. The number of phosphoric acid groups is 1. The number of carbonyl (C=O) groups is 2. The molecule has 0 aliphatic rings. The highest BCUT2D eigenvalue weighted by Gasteiger charge is 2.22. The van der Waals surface area contributed by atoms with Gasteiger partial charge in [-0.3, -0.25) is 14.1 Å². The summed E-state index contributed by atoms with van der Waals surface area (Å²) in [4.78, 5) is 42.9. The summed E-state index contributed by atoms with van der Waals surface area (Å²) >= 11 is 0. The van der Waals surface area contributed by atoms with Gasteiger partial charge in [0, 0.05) is 12.8 Å². The summed E-state index contributed by atoms with van der Waals surface area (Å²) in [5, 5.41) is 10.2. The van der Waals surface area contributed by atoms with Gasteiger partial charge in [-0.1, -0.05) is 190 Å². The molecule has 0 aromatic carbocycles. The molecule has 322 valence electrons. The molecule has 0 spiro atoms. The number of aliphatic hydroxyl groups is 1. The molecule has 0 amide bonds. The Kier molecular flexibility index (Phi) is 37.5. The second-order valence-corrected chi connectivity index (χ2v) is 16.0. The molecule has 0 saturated carbocycles. The van der Waals surface area contributed by atoms with Crippen molar-refractivity contribution < 1.29 is 43.0 Å². The van der Waals surface area contributed by atoms with Crippen LogP contribution in [0.15, 0.2) is 72.9 Å². The lowest BCUT2D eigenvalue weighted by atomic mass is 9.99. The summed E-state index contributed by atoms with van der Waals surface area (Å²) in [6.45, 7) is 5.80. The van der Waals surface area contributed by atoms with Crippen molar-refractivity contribution in [1.82, 2.24) is 0 Å². The van der Waals surface area contributed by atoms with E-state index in [1.807, 2.05) is 12.2 Å². The molecule has 10 heteroatoms. The van der Waals surface area contributed by atoms with E-state index in [1.54, 1.807) is 24.3 Å². The molecule has 0 fully saturated rings. The second kappa shape index (κ2) is 39.3. The van der Waals surface area contributed by atoms with E-state index in [2.05, 4.69) is 61.8 Å². The average Bonchev–Trinajstić information content (AvgIpc) is 3.16. The zero-order chi connectivity index (χ0) is 41.4. The predicted octanol–water partition coefficient (Wildman–Crippen LogP) is 12.3. The van der Waals surface area contributed by atoms with E-state index in [1.165, 1.54) is 77.0 Å². The van der Waals surface area contributed by atoms with Crippen molar-refractivity contribution in [2.24, 2.45) is 5.92 Å². The minimum absolute atomic E-state index is 0.00346. The number of ether oxygens (including phenoxy) is 2. The average molecular weight is 807 g/mol. The molecule has 0 aliphatic carbocycles. The fraction of sp³-hybridized carbons (Fsp3) is 0.696. The van der Waals surface area contributed by atoms with Gasteiger partial charge in [0.15, 0.2) is 6.10 Å². The van der Waals surface area contributed by atoms with Gasteiger partial charge in [-0.2, -0.15) is 0 Å². The number of rotatable bonds is 38. The Morgan fingerprint density at radius 3 is 1.71 bits per heavy atom. The van der Waals surface area contributed by atoms with Crippen LogP contribution >= 0.6 is 7.82 Å². The molecule has 0 saturated heterocycles. The van der Waals surface area contributed by atoms with Crippen molar-refractivity contribution in [3.63, 3.8) is 0 Å². The molecule has 2 unspecified atom stereocenters. The standard InChI is InChI=1S/C46H79O9P/c1-4-6-7-8-9-10-11-14-18-21-24-27-31-36-43(47)37-32-29-34-39-46(49)55-44(41-54-56(50,51)52)40-53-45(48)38-33-28-25-22-19-16-13-12-15-17-20-23-26-30-35-42(3)5-2/h6-7,9-10,14,18,24,27,29,31-32,36,42-44,47H,4-5,8,11-13,15-17,19-23,25-26,28,30,33-35,37-41H2,1-3H3,(H2,50,51,52)/b7-6-,10-9-,18-14-,27-24-,32-29-,36-31-/t42?,43?,44-/m1/s1. The monoisotopic (exact) mass is 807 g/mol. The van der Waals surface area contributed by atoms with Crippen molar-refractivity contribution in [1.29, 1.82) is 0 Å². The summed E-state index contributed by atoms with van der Waals surface area (Å²) in [6.07, 6.45) is 46.5. The molecular formula is C46H79O9P. The first-order chi connectivity index (χ1) is 27.1. The second-order valence-electron chi connectivity index (χ2n) is 14.7. The maximum atomic E-state index is 12.4. The Bertz CT molecular complexity index is 1170. The van der Waals surface area contributed by atoms with Gasteiger partial charge in [-0.25, -0.2) is 4.57 Å². The third-order valence-corrected chi connectivity index (χ3v) is 9.86. The van der Waals surface area contributed by atoms with Crippen molar-refractivity contribution in [2.45, 2.75) is 187 Å². The van der Waals surface area contributed by atoms with E-state index in [-0.39, 0.29) is 19.4 Å². The van der Waals surface area contributed by atoms with Crippen molar-refractivity contribution in [3.8, 4) is 0 Å². The van der Waals surface area contributed by atoms with Crippen LogP contribution in [0.25, 0.3) is 0 Å². The number of aliphatic hydroxyl groups excluding tert-OH is 1. The van der Waals surface area contributed by atoms with Crippen LogP contribution in [-0.2, 0) is 28.2 Å². The summed E-state index contributed by atoms with van der Waals surface area (Å²) in [5.41, 5.74) is 0. The Morgan fingerprint density at radius 2 is 1.16 bits per heavy atom. The molecule has 9 nitrogen and oxygen atoms in total. The Labute approximate surface area is 341 Å². The first-order valence-electron chi connectivity index (χ1n) is 21.7. The van der Waals surface area contributed by atoms with Crippen LogP contribution in [0, 0.1) is 5.92 Å². The lowest BCUT2D eigenvalue weighted by molar-refractivity contribution is -0.161. The number of carbonyl (C=O) groups excluding carboxylic acids is 2. The largest absolute Gasteiger partial charge is 0.469 e. The zero-order valence-corrected chi connectivity index (χ0v) is 36.2. The van der Waals surface area contributed by atoms with Crippen LogP contribution in [0.1, 0.15) is 175 Å². The third kappa shape index (κ3) is 41.1. The molecule has 0 aromatic rings. The third-order valence-electron chi connectivity index (χ3n) is 9.37. The van der Waals surface area contributed by atoms with Crippen LogP contribution in [0.3, 0.4) is 0 Å². The Morgan fingerprint density at radius 1 is 0.625 bits per heavy atom. The van der Waals surface area contributed by atoms with E-state index >= 15 is 0 Å². The minimum atomic E-state index is -4.81. The number of hydrogen-bond donors (Lipinski definition) is 3. The first-order valence-corrected chi connectivity index (χ1v) is 23.3. The van der Waals surface area contributed by atoms with Crippen LogP contribution in [0.5, 0.6) is 0 Å². The zero-order valence-electron chi connectivity index (χ0n) is 35.3. The number of unbranched alkanes of at least 4 members (excludes halogenated alkanes) is 13. The van der Waals surface area contributed by atoms with Gasteiger partial charge in [0.25, 0.3) is 0 Å². The molecule has 0 bridgehead atoms. The molecule has 0 aliphatic heterocycles.